The molecule has 0 bridgehead atoms. The molecule has 0 amide bonds. The molecule has 0 aliphatic heterocycles. The number of ether oxygens (including phenoxy) is 2. The zero-order valence-corrected chi connectivity index (χ0v) is 20.5. The quantitative estimate of drug-likeness (QED) is 0.137. The number of rotatable bonds is 8. The fourth-order valence-electron chi connectivity index (χ4n) is 3.92. The molecule has 168 valence electrons. The predicted molar refractivity (Wildman–Crippen MR) is 143 cm³/mol. The summed E-state index contributed by atoms with van der Waals surface area (Å²) in [7, 11) is 1.63. The van der Waals surface area contributed by atoms with E-state index in [4.69, 9.17) is 9.47 Å². The van der Waals surface area contributed by atoms with Gasteiger partial charge in [0.15, 0.2) is 11.5 Å². The van der Waals surface area contributed by atoms with Crippen molar-refractivity contribution in [2.45, 2.75) is 13.0 Å². The maximum atomic E-state index is 9.99. The summed E-state index contributed by atoms with van der Waals surface area (Å²) in [6.45, 7) is 4.32. The smallest absolute Gasteiger partial charge is 0.165 e. The van der Waals surface area contributed by atoms with Gasteiger partial charge in [0.05, 0.1) is 18.8 Å². The van der Waals surface area contributed by atoms with Crippen LogP contribution >= 0.6 is 15.9 Å². The molecule has 0 atom stereocenters. The van der Waals surface area contributed by atoms with Crippen LogP contribution in [0.2, 0.25) is 0 Å². The van der Waals surface area contributed by atoms with E-state index < -0.39 is 0 Å². The maximum Gasteiger partial charge on any atom is 0.165 e. The molecule has 4 aromatic carbocycles. The summed E-state index contributed by atoms with van der Waals surface area (Å²) in [5.41, 5.74) is 4.37. The maximum absolute atomic E-state index is 9.99. The van der Waals surface area contributed by atoms with Crippen molar-refractivity contribution in [2.75, 3.05) is 7.11 Å². The molecule has 0 fully saturated rings. The van der Waals surface area contributed by atoms with E-state index in [1.165, 1.54) is 0 Å². The molecular weight excluding hydrogens is 486 g/mol. The number of benzene rings is 4. The van der Waals surface area contributed by atoms with E-state index in [2.05, 4.69) is 40.7 Å². The molecule has 4 aromatic rings. The van der Waals surface area contributed by atoms with Crippen molar-refractivity contribution in [3.63, 3.8) is 0 Å². The second-order valence-corrected chi connectivity index (χ2v) is 8.73. The molecule has 0 heterocycles. The minimum atomic E-state index is 0.419. The van der Waals surface area contributed by atoms with Gasteiger partial charge < -0.3 is 9.47 Å². The first-order chi connectivity index (χ1) is 16.6. The number of fused-ring (bicyclic) bond motifs is 1. The molecule has 0 aliphatic rings. The van der Waals surface area contributed by atoms with Crippen LogP contribution in [0.5, 0.6) is 11.5 Å². The molecule has 0 aromatic heterocycles. The average Bonchev–Trinajstić information content (AvgIpc) is 2.87. The average molecular weight is 510 g/mol. The number of nitrogens with zero attached hydrogens (tertiary/aromatic N) is 1. The molecule has 3 nitrogen and oxygen atoms in total. The fourth-order valence-corrected chi connectivity index (χ4v) is 4.19. The molecule has 0 unspecified atom stereocenters. The van der Waals surface area contributed by atoms with Crippen LogP contribution in [0.25, 0.3) is 22.4 Å². The number of methoxy groups -OCH3 is 1. The molecule has 34 heavy (non-hydrogen) atoms. The fraction of sp³-hybridized carbons (Fsp3) is 0.100. The van der Waals surface area contributed by atoms with Crippen molar-refractivity contribution in [1.29, 1.82) is 5.26 Å². The van der Waals surface area contributed by atoms with Crippen molar-refractivity contribution >= 4 is 38.4 Å². The van der Waals surface area contributed by atoms with Crippen molar-refractivity contribution < 1.29 is 9.47 Å². The van der Waals surface area contributed by atoms with Gasteiger partial charge in [0.2, 0.25) is 0 Å². The van der Waals surface area contributed by atoms with E-state index in [-0.39, 0.29) is 0 Å². The summed E-state index contributed by atoms with van der Waals surface area (Å²) in [6.07, 6.45) is 4.35. The third-order valence-corrected chi connectivity index (χ3v) is 6.07. The van der Waals surface area contributed by atoms with Crippen LogP contribution < -0.4 is 9.47 Å². The van der Waals surface area contributed by atoms with Gasteiger partial charge in [0.25, 0.3) is 0 Å². The van der Waals surface area contributed by atoms with Gasteiger partial charge in [0.1, 0.15) is 6.61 Å². The third kappa shape index (κ3) is 5.22. The lowest BCUT2D eigenvalue weighted by atomic mass is 9.96. The Morgan fingerprint density at radius 3 is 2.53 bits per heavy atom. The van der Waals surface area contributed by atoms with Crippen LogP contribution in [0.15, 0.2) is 96.0 Å². The summed E-state index contributed by atoms with van der Waals surface area (Å²) in [4.78, 5) is 0. The van der Waals surface area contributed by atoms with Crippen LogP contribution in [0, 0.1) is 11.3 Å². The largest absolute Gasteiger partial charge is 0.493 e. The van der Waals surface area contributed by atoms with Gasteiger partial charge in [-0.05, 0) is 58.7 Å². The first kappa shape index (κ1) is 23.4. The number of hydrogen-bond acceptors (Lipinski definition) is 3. The number of allylic oxidation sites excluding steroid dienone is 2. The van der Waals surface area contributed by atoms with Gasteiger partial charge in [-0.25, -0.2) is 0 Å². The van der Waals surface area contributed by atoms with Gasteiger partial charge in [-0.3, -0.25) is 0 Å². The minimum absolute atomic E-state index is 0.419. The Hall–Kier alpha value is -3.81. The van der Waals surface area contributed by atoms with E-state index in [1.807, 2.05) is 78.9 Å². The van der Waals surface area contributed by atoms with Crippen molar-refractivity contribution in [2.24, 2.45) is 0 Å². The molecule has 0 aliphatic carbocycles. The molecule has 0 radical (unpaired) electrons. The van der Waals surface area contributed by atoms with Crippen LogP contribution in [0.1, 0.15) is 22.3 Å². The molecule has 0 saturated carbocycles. The number of hydrogen-bond donors (Lipinski definition) is 0. The Kier molecular flexibility index (Phi) is 7.47. The van der Waals surface area contributed by atoms with Gasteiger partial charge in [-0.2, -0.15) is 5.26 Å². The lowest BCUT2D eigenvalue weighted by molar-refractivity contribution is 0.282. The Morgan fingerprint density at radius 2 is 1.79 bits per heavy atom. The molecule has 0 N–H and O–H groups in total. The van der Waals surface area contributed by atoms with E-state index in [9.17, 15) is 5.26 Å². The summed E-state index contributed by atoms with van der Waals surface area (Å²) in [6, 6.07) is 28.4. The second-order valence-electron chi connectivity index (χ2n) is 7.82. The molecule has 4 heteroatoms. The highest BCUT2D eigenvalue weighted by molar-refractivity contribution is 9.10. The number of halogens is 1. The zero-order chi connectivity index (χ0) is 23.9. The topological polar surface area (TPSA) is 42.2 Å². The summed E-state index contributed by atoms with van der Waals surface area (Å²) in [5, 5.41) is 12.1. The monoisotopic (exact) mass is 509 g/mol. The normalized spacial score (nSPS) is 11.1. The van der Waals surface area contributed by atoms with E-state index >= 15 is 0 Å². The van der Waals surface area contributed by atoms with E-state index in [0.29, 0.717) is 30.1 Å². The van der Waals surface area contributed by atoms with Gasteiger partial charge in [-0.15, -0.1) is 6.58 Å². The Labute approximate surface area is 208 Å². The molecular formula is C30H24BrNO2. The molecule has 0 saturated heterocycles. The second kappa shape index (κ2) is 10.9. The highest BCUT2D eigenvalue weighted by Crippen LogP contribution is 2.36. The molecule has 0 spiro atoms. The lowest BCUT2D eigenvalue weighted by Crippen LogP contribution is -2.02. The highest BCUT2D eigenvalue weighted by Gasteiger charge is 2.14. The Bertz CT molecular complexity index is 1390. The summed E-state index contributed by atoms with van der Waals surface area (Å²) < 4.78 is 12.9. The predicted octanol–water partition coefficient (Wildman–Crippen LogP) is 7.98. The van der Waals surface area contributed by atoms with E-state index in [1.54, 1.807) is 7.11 Å². The standard InChI is InChI=1S/C30H24BrNO2/c1-3-7-24-16-22(17-25(19-32)28-11-6-9-23-8-4-5-10-27(23)28)18-29(33-2)30(24)34-20-21-12-14-26(31)15-13-21/h3-6,8-18H,1,7,20H2,2H3/b25-17+. The number of nitriles is 1. The third-order valence-electron chi connectivity index (χ3n) is 5.55. The Morgan fingerprint density at radius 1 is 1.03 bits per heavy atom. The molecule has 4 rings (SSSR count). The van der Waals surface area contributed by atoms with E-state index in [0.717, 1.165) is 37.5 Å². The first-order valence-corrected chi connectivity index (χ1v) is 11.7. The van der Waals surface area contributed by atoms with Crippen molar-refractivity contribution in [1.82, 2.24) is 0 Å². The lowest BCUT2D eigenvalue weighted by Gasteiger charge is -2.16. The zero-order valence-electron chi connectivity index (χ0n) is 18.9. The Balaban J connectivity index is 1.73. The van der Waals surface area contributed by atoms with Gasteiger partial charge in [0, 0.05) is 15.6 Å². The van der Waals surface area contributed by atoms with Crippen LogP contribution in [0.4, 0.5) is 0 Å². The first-order valence-electron chi connectivity index (χ1n) is 10.9. The van der Waals surface area contributed by atoms with Crippen molar-refractivity contribution in [3.05, 3.63) is 118 Å². The minimum Gasteiger partial charge on any atom is -0.493 e. The van der Waals surface area contributed by atoms with Crippen molar-refractivity contribution in [3.8, 4) is 17.6 Å². The van der Waals surface area contributed by atoms with Crippen LogP contribution in [-0.4, -0.2) is 7.11 Å². The van der Waals surface area contributed by atoms with Gasteiger partial charge >= 0.3 is 0 Å². The highest BCUT2D eigenvalue weighted by atomic mass is 79.9. The summed E-state index contributed by atoms with van der Waals surface area (Å²) >= 11 is 3.46. The van der Waals surface area contributed by atoms with Gasteiger partial charge in [-0.1, -0.05) is 76.6 Å². The van der Waals surface area contributed by atoms with Crippen LogP contribution in [0.3, 0.4) is 0 Å². The SMILES string of the molecule is C=CCc1cc(/C=C(\C#N)c2cccc3ccccc23)cc(OC)c1OCc1ccc(Br)cc1. The van der Waals surface area contributed by atoms with Crippen LogP contribution in [-0.2, 0) is 13.0 Å². The summed E-state index contributed by atoms with van der Waals surface area (Å²) in [5.74, 6) is 1.31.